The first-order valence-corrected chi connectivity index (χ1v) is 13.5. The lowest BCUT2D eigenvalue weighted by atomic mass is 10.1. The number of aromatic nitrogens is 6. The average Bonchev–Trinajstić information content (AvgIpc) is 3.21. The zero-order valence-electron chi connectivity index (χ0n) is 20.9. The van der Waals surface area contributed by atoms with Crippen molar-refractivity contribution in [1.82, 2.24) is 34.6 Å². The summed E-state index contributed by atoms with van der Waals surface area (Å²) in [5, 5.41) is 8.86. The number of imidazole rings is 1. The number of fused-ring (bicyclic) bond motifs is 1. The van der Waals surface area contributed by atoms with Gasteiger partial charge in [-0.25, -0.2) is 14.4 Å². The van der Waals surface area contributed by atoms with Crippen LogP contribution in [0, 0.1) is 11.6 Å². The lowest BCUT2D eigenvalue weighted by molar-refractivity contribution is -0.0593. The SMILES string of the molecule is Fc1cc(Cl)ccc1Cc1ncc(F)c(OC2CCN(Cc3nc4cc(Cl)nnc4n3C[C@@H]3CCO3)CC2)n1. The number of hydrogen-bond acceptors (Lipinski definition) is 8. The number of piperidine rings is 1. The molecule has 2 saturated heterocycles. The van der Waals surface area contributed by atoms with Crippen molar-refractivity contribution in [1.29, 1.82) is 0 Å². The van der Waals surface area contributed by atoms with Crippen LogP contribution in [0.1, 0.15) is 36.5 Å². The largest absolute Gasteiger partial charge is 0.472 e. The van der Waals surface area contributed by atoms with Crippen LogP contribution in [0.15, 0.2) is 30.5 Å². The summed E-state index contributed by atoms with van der Waals surface area (Å²) >= 11 is 11.9. The summed E-state index contributed by atoms with van der Waals surface area (Å²) in [6, 6.07) is 6.10. The molecule has 0 unspecified atom stereocenters. The molecule has 1 aromatic carbocycles. The Bertz CT molecular complexity index is 1490. The van der Waals surface area contributed by atoms with Crippen molar-refractivity contribution >= 4 is 34.4 Å². The van der Waals surface area contributed by atoms with Gasteiger partial charge in [0.1, 0.15) is 29.1 Å². The van der Waals surface area contributed by atoms with Crippen LogP contribution in [0.25, 0.3) is 11.2 Å². The molecule has 3 aromatic heterocycles. The molecule has 39 heavy (non-hydrogen) atoms. The van der Waals surface area contributed by atoms with Gasteiger partial charge in [0, 0.05) is 37.2 Å². The fourth-order valence-electron chi connectivity index (χ4n) is 4.83. The number of halogens is 4. The minimum Gasteiger partial charge on any atom is -0.472 e. The number of hydrogen-bond donors (Lipinski definition) is 0. The van der Waals surface area contributed by atoms with Crippen molar-refractivity contribution < 1.29 is 18.3 Å². The average molecular weight is 576 g/mol. The molecule has 2 fully saturated rings. The number of likely N-dealkylation sites (tertiary alicyclic amines) is 1. The molecule has 0 saturated carbocycles. The fraction of sp³-hybridized carbons (Fsp3) is 0.423. The van der Waals surface area contributed by atoms with Crippen LogP contribution in [0.2, 0.25) is 10.2 Å². The number of nitrogens with zero attached hydrogens (tertiary/aromatic N) is 7. The quantitative estimate of drug-likeness (QED) is 0.300. The Balaban J connectivity index is 1.10. The maximum absolute atomic E-state index is 14.5. The molecule has 9 nitrogen and oxygen atoms in total. The second-order valence-corrected chi connectivity index (χ2v) is 10.6. The van der Waals surface area contributed by atoms with Gasteiger partial charge in [0.15, 0.2) is 10.8 Å². The molecule has 6 rings (SSSR count). The first-order chi connectivity index (χ1) is 18.9. The fourth-order valence-corrected chi connectivity index (χ4v) is 5.13. The summed E-state index contributed by atoms with van der Waals surface area (Å²) in [5.41, 5.74) is 1.76. The van der Waals surface area contributed by atoms with E-state index < -0.39 is 11.6 Å². The second kappa shape index (κ2) is 11.2. The van der Waals surface area contributed by atoms with Crippen LogP contribution < -0.4 is 4.74 Å². The van der Waals surface area contributed by atoms with Crippen molar-refractivity contribution in [2.24, 2.45) is 0 Å². The maximum Gasteiger partial charge on any atom is 0.254 e. The van der Waals surface area contributed by atoms with E-state index in [0.29, 0.717) is 52.8 Å². The molecule has 0 radical (unpaired) electrons. The molecule has 0 aliphatic carbocycles. The lowest BCUT2D eigenvalue weighted by Gasteiger charge is -2.32. The van der Waals surface area contributed by atoms with E-state index in [2.05, 4.69) is 29.6 Å². The Kier molecular flexibility index (Phi) is 7.57. The van der Waals surface area contributed by atoms with Gasteiger partial charge < -0.3 is 14.0 Å². The van der Waals surface area contributed by atoms with E-state index in [1.807, 2.05) is 0 Å². The standard InChI is InChI=1S/C26H25Cl2F2N7O2/c27-16-2-1-15(19(29)10-16)9-23-31-12-20(30)26(33-23)39-17-3-6-36(7-4-17)14-24-32-21-11-22(28)34-35-25(21)37(24)13-18-5-8-38-18/h1-2,10-12,17-18H,3-9,13-14H2/t18-/m0/s1. The van der Waals surface area contributed by atoms with Crippen molar-refractivity contribution in [2.75, 3.05) is 19.7 Å². The highest BCUT2D eigenvalue weighted by Gasteiger charge is 2.27. The highest BCUT2D eigenvalue weighted by Crippen LogP contribution is 2.25. The van der Waals surface area contributed by atoms with Gasteiger partial charge in [-0.05, 0) is 37.0 Å². The van der Waals surface area contributed by atoms with Crippen molar-refractivity contribution in [3.05, 3.63) is 69.5 Å². The second-order valence-electron chi connectivity index (χ2n) is 9.74. The Labute approximate surface area is 233 Å². The minimum absolute atomic E-state index is 0.0978. The number of benzene rings is 1. The molecular weight excluding hydrogens is 551 g/mol. The normalized spacial score (nSPS) is 18.4. The predicted octanol–water partition coefficient (Wildman–Crippen LogP) is 4.62. The Morgan fingerprint density at radius 1 is 1.03 bits per heavy atom. The molecule has 4 aromatic rings. The molecule has 2 aliphatic heterocycles. The number of ether oxygens (including phenoxy) is 2. The topological polar surface area (TPSA) is 91.1 Å². The van der Waals surface area contributed by atoms with Gasteiger partial charge in [-0.3, -0.25) is 4.90 Å². The van der Waals surface area contributed by atoms with Crippen molar-refractivity contribution in [2.45, 2.75) is 51.0 Å². The summed E-state index contributed by atoms with van der Waals surface area (Å²) in [5.74, 6) is -0.0934. The van der Waals surface area contributed by atoms with Crippen LogP contribution >= 0.6 is 23.2 Å². The third kappa shape index (κ3) is 5.96. The van der Waals surface area contributed by atoms with Crippen LogP contribution in [0.4, 0.5) is 8.78 Å². The molecule has 2 aliphatic rings. The molecule has 1 atom stereocenters. The zero-order valence-corrected chi connectivity index (χ0v) is 22.4. The first-order valence-electron chi connectivity index (χ1n) is 12.8. The summed E-state index contributed by atoms with van der Waals surface area (Å²) in [4.78, 5) is 15.3. The highest BCUT2D eigenvalue weighted by atomic mass is 35.5. The molecule has 204 valence electrons. The summed E-state index contributed by atoms with van der Waals surface area (Å²) in [6.45, 7) is 3.51. The van der Waals surface area contributed by atoms with E-state index in [4.69, 9.17) is 37.7 Å². The van der Waals surface area contributed by atoms with Gasteiger partial charge >= 0.3 is 0 Å². The van der Waals surface area contributed by atoms with Crippen molar-refractivity contribution in [3.8, 4) is 5.88 Å². The van der Waals surface area contributed by atoms with Gasteiger partial charge in [-0.1, -0.05) is 29.3 Å². The molecular formula is C26H25Cl2F2N7O2. The van der Waals surface area contributed by atoms with Crippen LogP contribution in [0.5, 0.6) is 5.88 Å². The predicted molar refractivity (Wildman–Crippen MR) is 140 cm³/mol. The van der Waals surface area contributed by atoms with Crippen molar-refractivity contribution in [3.63, 3.8) is 0 Å². The smallest absolute Gasteiger partial charge is 0.254 e. The van der Waals surface area contributed by atoms with Gasteiger partial charge in [0.05, 0.1) is 25.4 Å². The van der Waals surface area contributed by atoms with E-state index in [1.165, 1.54) is 6.07 Å². The minimum atomic E-state index is -0.649. The van der Waals surface area contributed by atoms with Crippen LogP contribution in [-0.4, -0.2) is 66.5 Å². The van der Waals surface area contributed by atoms with E-state index in [9.17, 15) is 8.78 Å². The van der Waals surface area contributed by atoms with E-state index >= 15 is 0 Å². The van der Waals surface area contributed by atoms with Crippen LogP contribution in [-0.2, 0) is 24.2 Å². The summed E-state index contributed by atoms with van der Waals surface area (Å²) < 4.78 is 42.3. The molecule has 0 spiro atoms. The molecule has 0 amide bonds. The zero-order chi connectivity index (χ0) is 26.9. The Morgan fingerprint density at radius 3 is 2.59 bits per heavy atom. The summed E-state index contributed by atoms with van der Waals surface area (Å²) in [6.07, 6.45) is 3.45. The lowest BCUT2D eigenvalue weighted by Crippen LogP contribution is -2.39. The van der Waals surface area contributed by atoms with E-state index in [1.54, 1.807) is 18.2 Å². The first kappa shape index (κ1) is 26.2. The van der Waals surface area contributed by atoms with Gasteiger partial charge in [0.2, 0.25) is 5.82 Å². The maximum atomic E-state index is 14.5. The monoisotopic (exact) mass is 575 g/mol. The van der Waals surface area contributed by atoms with Gasteiger partial charge in [-0.2, -0.15) is 9.37 Å². The molecule has 0 bridgehead atoms. The number of rotatable bonds is 8. The van der Waals surface area contributed by atoms with E-state index in [0.717, 1.165) is 38.1 Å². The molecule has 13 heteroatoms. The third-order valence-corrected chi connectivity index (χ3v) is 7.44. The molecule has 0 N–H and O–H groups in total. The van der Waals surface area contributed by atoms with Crippen LogP contribution in [0.3, 0.4) is 0 Å². The molecule has 5 heterocycles. The Hall–Kier alpha value is -2.99. The highest BCUT2D eigenvalue weighted by molar-refractivity contribution is 6.30. The Morgan fingerprint density at radius 2 is 1.85 bits per heavy atom. The van der Waals surface area contributed by atoms with Gasteiger partial charge in [0.25, 0.3) is 5.88 Å². The third-order valence-electron chi connectivity index (χ3n) is 7.02. The summed E-state index contributed by atoms with van der Waals surface area (Å²) in [7, 11) is 0. The van der Waals surface area contributed by atoms with Gasteiger partial charge in [-0.15, -0.1) is 10.2 Å². The van der Waals surface area contributed by atoms with E-state index in [-0.39, 0.29) is 30.3 Å².